The molecule has 0 fully saturated rings. The molecule has 11 heavy (non-hydrogen) atoms. The molecule has 0 aliphatic heterocycles. The Hall–Kier alpha value is -0.240. The summed E-state index contributed by atoms with van der Waals surface area (Å²) < 4.78 is 4.67. The number of rotatable bonds is 2. The molecule has 1 nitrogen and oxygen atoms in total. The zero-order chi connectivity index (χ0) is 8.27. The smallest absolute Gasteiger partial charge is 0.0733 e. The quantitative estimate of drug-likeness (QED) is 0.695. The molecule has 0 atom stereocenters. The van der Waals surface area contributed by atoms with Crippen molar-refractivity contribution in [2.45, 2.75) is 6.61 Å². The van der Waals surface area contributed by atoms with E-state index in [2.05, 4.69) is 11.8 Å². The van der Waals surface area contributed by atoms with Crippen LogP contribution in [0.5, 0.6) is 0 Å². The maximum Gasteiger partial charge on any atom is 0.0733 e. The van der Waals surface area contributed by atoms with Crippen molar-refractivity contribution in [2.75, 3.05) is 0 Å². The van der Waals surface area contributed by atoms with Gasteiger partial charge in [-0.15, -0.1) is 0 Å². The Bertz CT molecular complexity index is 248. The summed E-state index contributed by atoms with van der Waals surface area (Å²) in [6.45, 7) is 0.388. The summed E-state index contributed by atoms with van der Waals surface area (Å²) in [5, 5.41) is 1.31. The zero-order valence-corrected chi connectivity index (χ0v) is 7.32. The van der Waals surface area contributed by atoms with Crippen molar-refractivity contribution in [1.82, 2.24) is 0 Å². The normalized spacial score (nSPS) is 10.1. The molecule has 1 aromatic rings. The minimum absolute atomic E-state index is 0.388. The molecule has 0 aliphatic carbocycles. The highest BCUT2D eigenvalue weighted by Gasteiger charge is 1.99. The predicted octanol–water partition coefficient (Wildman–Crippen LogP) is 3.30. The maximum absolute atomic E-state index is 5.81. The second kappa shape index (κ2) is 3.96. The van der Waals surface area contributed by atoms with Gasteiger partial charge in [0.25, 0.3) is 0 Å². The first kappa shape index (κ1) is 8.85. The van der Waals surface area contributed by atoms with Crippen molar-refractivity contribution in [2.24, 2.45) is 0 Å². The third kappa shape index (κ3) is 2.37. The van der Waals surface area contributed by atoms with Gasteiger partial charge in [0.15, 0.2) is 0 Å². The topological polar surface area (TPSA) is 9.23 Å². The molecule has 0 aromatic heterocycles. The summed E-state index contributed by atoms with van der Waals surface area (Å²) in [5.41, 5.74) is 0.856. The molecular formula is C8H7Cl2O. The van der Waals surface area contributed by atoms with Crippen LogP contribution in [0.2, 0.25) is 10.0 Å². The maximum atomic E-state index is 5.81. The van der Waals surface area contributed by atoms with Crippen LogP contribution >= 0.6 is 23.2 Å². The van der Waals surface area contributed by atoms with E-state index in [0.717, 1.165) is 5.56 Å². The molecule has 0 aliphatic rings. The highest BCUT2D eigenvalue weighted by molar-refractivity contribution is 6.33. The van der Waals surface area contributed by atoms with E-state index in [9.17, 15) is 0 Å². The van der Waals surface area contributed by atoms with E-state index in [1.54, 1.807) is 18.2 Å². The lowest BCUT2D eigenvalue weighted by molar-refractivity contribution is 0.229. The lowest BCUT2D eigenvalue weighted by Gasteiger charge is -2.01. The van der Waals surface area contributed by atoms with Gasteiger partial charge in [-0.25, -0.2) is 0 Å². The first-order valence-electron chi connectivity index (χ1n) is 3.05. The lowest BCUT2D eigenvalue weighted by atomic mass is 10.2. The van der Waals surface area contributed by atoms with Gasteiger partial charge in [-0.3, -0.25) is 0 Å². The fourth-order valence-electron chi connectivity index (χ4n) is 0.764. The fraction of sp³-hybridized carbons (Fsp3) is 0.125. The molecule has 0 amide bonds. The second-order valence-electron chi connectivity index (χ2n) is 2.08. The summed E-state index contributed by atoms with van der Waals surface area (Å²) in [6.07, 6.45) is 0. The summed E-state index contributed by atoms with van der Waals surface area (Å²) in [5.74, 6) is 0. The van der Waals surface area contributed by atoms with E-state index in [1.165, 1.54) is 0 Å². The van der Waals surface area contributed by atoms with E-state index < -0.39 is 0 Å². The third-order valence-electron chi connectivity index (χ3n) is 1.27. The van der Waals surface area contributed by atoms with Crippen LogP contribution in [-0.4, -0.2) is 0 Å². The first-order valence-corrected chi connectivity index (χ1v) is 3.80. The molecule has 0 heterocycles. The molecule has 0 saturated carbocycles. The molecule has 0 N–H and O–H groups in total. The number of hydrogen-bond donors (Lipinski definition) is 0. The lowest BCUT2D eigenvalue weighted by Crippen LogP contribution is -1.86. The molecule has 0 saturated heterocycles. The summed E-state index contributed by atoms with van der Waals surface area (Å²) in [6, 6.07) is 5.23. The molecule has 1 aromatic carbocycles. The Kier molecular flexibility index (Phi) is 3.18. The van der Waals surface area contributed by atoms with Crippen LogP contribution < -0.4 is 0 Å². The van der Waals surface area contributed by atoms with Crippen LogP contribution in [-0.2, 0) is 11.3 Å². The second-order valence-corrected chi connectivity index (χ2v) is 2.93. The van der Waals surface area contributed by atoms with Crippen molar-refractivity contribution >= 4 is 23.2 Å². The monoisotopic (exact) mass is 189 g/mol. The summed E-state index contributed by atoms with van der Waals surface area (Å²) in [7, 11) is 3.25. The molecule has 0 spiro atoms. The van der Waals surface area contributed by atoms with E-state index in [-0.39, 0.29) is 0 Å². The molecule has 1 rings (SSSR count). The highest BCUT2D eigenvalue weighted by atomic mass is 35.5. The molecule has 0 unspecified atom stereocenters. The zero-order valence-electron chi connectivity index (χ0n) is 5.81. The Morgan fingerprint density at radius 2 is 2.09 bits per heavy atom. The molecular weight excluding hydrogens is 183 g/mol. The van der Waals surface area contributed by atoms with Crippen LogP contribution in [0.25, 0.3) is 0 Å². The Balaban J connectivity index is 2.93. The van der Waals surface area contributed by atoms with Crippen LogP contribution in [0, 0.1) is 7.11 Å². The van der Waals surface area contributed by atoms with Gasteiger partial charge in [0.1, 0.15) is 0 Å². The fourth-order valence-corrected chi connectivity index (χ4v) is 1.13. The molecule has 3 heteroatoms. The number of hydrogen-bond acceptors (Lipinski definition) is 1. The Morgan fingerprint density at radius 3 is 2.73 bits per heavy atom. The third-order valence-corrected chi connectivity index (χ3v) is 1.87. The average molecular weight is 190 g/mol. The van der Waals surface area contributed by atoms with Crippen LogP contribution in [0.3, 0.4) is 0 Å². The van der Waals surface area contributed by atoms with E-state index in [4.69, 9.17) is 23.2 Å². The summed E-state index contributed by atoms with van der Waals surface area (Å²) >= 11 is 11.5. The standard InChI is InChI=1S/C8H7Cl2O/c1-11-5-6-4-7(9)2-3-8(6)10/h2-4H,1,5H2. The van der Waals surface area contributed by atoms with Crippen LogP contribution in [0.15, 0.2) is 18.2 Å². The average Bonchev–Trinajstić information content (AvgIpc) is 1.98. The first-order chi connectivity index (χ1) is 5.24. The van der Waals surface area contributed by atoms with Gasteiger partial charge < -0.3 is 4.74 Å². The van der Waals surface area contributed by atoms with Crippen molar-refractivity contribution in [3.63, 3.8) is 0 Å². The number of benzene rings is 1. The van der Waals surface area contributed by atoms with Crippen LogP contribution in [0.4, 0.5) is 0 Å². The van der Waals surface area contributed by atoms with Gasteiger partial charge in [0, 0.05) is 10.0 Å². The Labute approximate surface area is 75.9 Å². The number of ether oxygens (including phenoxy) is 1. The van der Waals surface area contributed by atoms with Gasteiger partial charge in [-0.1, -0.05) is 23.2 Å². The van der Waals surface area contributed by atoms with Gasteiger partial charge in [0.2, 0.25) is 0 Å². The minimum Gasteiger partial charge on any atom is -0.374 e. The van der Waals surface area contributed by atoms with Gasteiger partial charge in [-0.2, -0.15) is 0 Å². The molecule has 0 bridgehead atoms. The SMILES string of the molecule is [CH2]OCc1cc(Cl)ccc1Cl. The van der Waals surface area contributed by atoms with Crippen LogP contribution in [0.1, 0.15) is 5.56 Å². The van der Waals surface area contributed by atoms with Crippen molar-refractivity contribution in [1.29, 1.82) is 0 Å². The van der Waals surface area contributed by atoms with Gasteiger partial charge in [0.05, 0.1) is 13.7 Å². The van der Waals surface area contributed by atoms with Crippen molar-refractivity contribution in [3.8, 4) is 0 Å². The van der Waals surface area contributed by atoms with Crippen molar-refractivity contribution in [3.05, 3.63) is 40.9 Å². The van der Waals surface area contributed by atoms with E-state index in [0.29, 0.717) is 16.7 Å². The van der Waals surface area contributed by atoms with Crippen molar-refractivity contribution < 1.29 is 4.74 Å². The summed E-state index contributed by atoms with van der Waals surface area (Å²) in [4.78, 5) is 0. The Morgan fingerprint density at radius 1 is 1.36 bits per heavy atom. The van der Waals surface area contributed by atoms with E-state index >= 15 is 0 Å². The van der Waals surface area contributed by atoms with Gasteiger partial charge >= 0.3 is 0 Å². The molecule has 59 valence electrons. The highest BCUT2D eigenvalue weighted by Crippen LogP contribution is 2.20. The largest absolute Gasteiger partial charge is 0.374 e. The van der Waals surface area contributed by atoms with Gasteiger partial charge in [-0.05, 0) is 23.8 Å². The predicted molar refractivity (Wildman–Crippen MR) is 46.6 cm³/mol. The molecule has 1 radical (unpaired) electrons. The minimum atomic E-state index is 0.388. The van der Waals surface area contributed by atoms with E-state index in [1.807, 2.05) is 0 Å². The number of halogens is 2.